The summed E-state index contributed by atoms with van der Waals surface area (Å²) in [6.07, 6.45) is 2.76. The number of carbonyl (C=O) groups is 1. The summed E-state index contributed by atoms with van der Waals surface area (Å²) in [6, 6.07) is 11.7. The lowest BCUT2D eigenvalue weighted by Gasteiger charge is -2.01. The van der Waals surface area contributed by atoms with E-state index in [2.05, 4.69) is 0 Å². The van der Waals surface area contributed by atoms with Gasteiger partial charge in [0, 0.05) is 26.5 Å². The van der Waals surface area contributed by atoms with Crippen molar-refractivity contribution in [3.8, 4) is 0 Å². The number of hydrogen-bond acceptors (Lipinski definition) is 3. The summed E-state index contributed by atoms with van der Waals surface area (Å²) in [7, 11) is 0. The average molecular weight is 311 g/mol. The first-order valence-corrected chi connectivity index (χ1v) is 7.70. The largest absolute Gasteiger partial charge is 0.478 e. The monoisotopic (exact) mass is 310 g/mol. The molecule has 0 amide bonds. The molecular formula is C14H11ClO2S2. The quantitative estimate of drug-likeness (QED) is 0.637. The van der Waals surface area contributed by atoms with Gasteiger partial charge in [0.15, 0.2) is 0 Å². The zero-order valence-corrected chi connectivity index (χ0v) is 12.3. The molecule has 0 atom stereocenters. The molecule has 0 bridgehead atoms. The van der Waals surface area contributed by atoms with Gasteiger partial charge in [-0.05, 0) is 30.3 Å². The van der Waals surface area contributed by atoms with Crippen LogP contribution < -0.4 is 0 Å². The molecule has 0 aliphatic heterocycles. The predicted octanol–water partition coefficient (Wildman–Crippen LogP) is 4.79. The third-order valence-electron chi connectivity index (χ3n) is 2.28. The van der Waals surface area contributed by atoms with Crippen LogP contribution in [-0.2, 0) is 10.5 Å². The zero-order chi connectivity index (χ0) is 13.7. The van der Waals surface area contributed by atoms with Crippen molar-refractivity contribution in [1.82, 2.24) is 0 Å². The maximum Gasteiger partial charge on any atom is 0.328 e. The van der Waals surface area contributed by atoms with E-state index in [-0.39, 0.29) is 0 Å². The number of benzene rings is 1. The van der Waals surface area contributed by atoms with Crippen LogP contribution in [0.25, 0.3) is 6.08 Å². The van der Waals surface area contributed by atoms with Gasteiger partial charge in [-0.3, -0.25) is 0 Å². The molecule has 0 fully saturated rings. The summed E-state index contributed by atoms with van der Waals surface area (Å²) in [5.41, 5.74) is 0. The maximum atomic E-state index is 10.4. The van der Waals surface area contributed by atoms with Crippen molar-refractivity contribution in [3.05, 3.63) is 57.3 Å². The number of thiophene rings is 1. The standard InChI is InChI=1S/C14H11ClO2S2/c15-12-3-1-2-4-13(12)18-9-11-6-5-10(19-11)7-8-14(16)17/h1-8H,9H2,(H,16,17). The number of rotatable bonds is 5. The minimum atomic E-state index is -0.930. The zero-order valence-electron chi connectivity index (χ0n) is 9.88. The fourth-order valence-corrected chi connectivity index (χ4v) is 3.62. The Morgan fingerprint density at radius 3 is 2.84 bits per heavy atom. The van der Waals surface area contributed by atoms with E-state index in [1.165, 1.54) is 4.88 Å². The van der Waals surface area contributed by atoms with Crippen LogP contribution in [0.1, 0.15) is 9.75 Å². The van der Waals surface area contributed by atoms with Gasteiger partial charge in [-0.2, -0.15) is 0 Å². The van der Waals surface area contributed by atoms with E-state index < -0.39 is 5.97 Å². The molecule has 2 nitrogen and oxygen atoms in total. The van der Waals surface area contributed by atoms with Gasteiger partial charge in [-0.1, -0.05) is 23.7 Å². The topological polar surface area (TPSA) is 37.3 Å². The fraction of sp³-hybridized carbons (Fsp3) is 0.0714. The summed E-state index contributed by atoms with van der Waals surface area (Å²) < 4.78 is 0. The first-order chi connectivity index (χ1) is 9.15. The van der Waals surface area contributed by atoms with Crippen LogP contribution in [0.4, 0.5) is 0 Å². The van der Waals surface area contributed by atoms with Gasteiger partial charge in [-0.15, -0.1) is 23.1 Å². The Labute approximate surface area is 124 Å². The molecule has 19 heavy (non-hydrogen) atoms. The van der Waals surface area contributed by atoms with E-state index in [1.807, 2.05) is 36.4 Å². The van der Waals surface area contributed by atoms with E-state index >= 15 is 0 Å². The highest BCUT2D eigenvalue weighted by Gasteiger charge is 2.03. The molecular weight excluding hydrogens is 300 g/mol. The van der Waals surface area contributed by atoms with Crippen LogP contribution in [0.3, 0.4) is 0 Å². The fourth-order valence-electron chi connectivity index (χ4n) is 1.43. The van der Waals surface area contributed by atoms with Crippen LogP contribution in [-0.4, -0.2) is 11.1 Å². The van der Waals surface area contributed by atoms with E-state index in [0.717, 1.165) is 26.6 Å². The summed E-state index contributed by atoms with van der Waals surface area (Å²) >= 11 is 9.35. The highest BCUT2D eigenvalue weighted by atomic mass is 35.5. The number of carboxylic acids is 1. The molecule has 1 N–H and O–H groups in total. The molecule has 1 heterocycles. The SMILES string of the molecule is O=C(O)C=Cc1ccc(CSc2ccccc2Cl)s1. The van der Waals surface area contributed by atoms with Crippen molar-refractivity contribution in [2.75, 3.05) is 0 Å². The average Bonchev–Trinajstić information content (AvgIpc) is 2.83. The second-order valence-corrected chi connectivity index (χ2v) is 6.32. The van der Waals surface area contributed by atoms with E-state index in [4.69, 9.17) is 16.7 Å². The molecule has 0 saturated carbocycles. The van der Waals surface area contributed by atoms with Gasteiger partial charge < -0.3 is 5.11 Å². The lowest BCUT2D eigenvalue weighted by molar-refractivity contribution is -0.131. The Balaban J connectivity index is 1.97. The van der Waals surface area contributed by atoms with Gasteiger partial charge in [0.2, 0.25) is 0 Å². The van der Waals surface area contributed by atoms with Gasteiger partial charge in [0.05, 0.1) is 5.02 Å². The Kier molecular flexibility index (Phi) is 5.07. The second-order valence-electron chi connectivity index (χ2n) is 3.69. The Morgan fingerprint density at radius 1 is 1.32 bits per heavy atom. The maximum absolute atomic E-state index is 10.4. The first-order valence-electron chi connectivity index (χ1n) is 5.52. The molecule has 98 valence electrons. The van der Waals surface area contributed by atoms with Crippen molar-refractivity contribution in [2.45, 2.75) is 10.6 Å². The Bertz CT molecular complexity index is 605. The minimum Gasteiger partial charge on any atom is -0.478 e. The lowest BCUT2D eigenvalue weighted by Crippen LogP contribution is -1.84. The number of hydrogen-bond donors (Lipinski definition) is 1. The minimum absolute atomic E-state index is 0.759. The third kappa shape index (κ3) is 4.42. The molecule has 0 radical (unpaired) electrons. The highest BCUT2D eigenvalue weighted by molar-refractivity contribution is 7.98. The van der Waals surface area contributed by atoms with Crippen LogP contribution >= 0.6 is 34.7 Å². The molecule has 2 rings (SSSR count). The van der Waals surface area contributed by atoms with Crippen molar-refractivity contribution in [3.63, 3.8) is 0 Å². The number of thioether (sulfide) groups is 1. The lowest BCUT2D eigenvalue weighted by atomic mass is 10.4. The van der Waals surface area contributed by atoms with E-state index in [0.29, 0.717) is 0 Å². The number of carboxylic acid groups (broad SMARTS) is 1. The number of aliphatic carboxylic acids is 1. The van der Waals surface area contributed by atoms with Crippen molar-refractivity contribution in [1.29, 1.82) is 0 Å². The van der Waals surface area contributed by atoms with Crippen molar-refractivity contribution < 1.29 is 9.90 Å². The van der Waals surface area contributed by atoms with Gasteiger partial charge in [0.25, 0.3) is 0 Å². The molecule has 0 aliphatic rings. The highest BCUT2D eigenvalue weighted by Crippen LogP contribution is 2.31. The molecule has 1 aromatic heterocycles. The summed E-state index contributed by atoms with van der Waals surface area (Å²) in [6.45, 7) is 0. The molecule has 0 saturated heterocycles. The van der Waals surface area contributed by atoms with Crippen molar-refractivity contribution >= 4 is 46.7 Å². The van der Waals surface area contributed by atoms with Gasteiger partial charge in [0.1, 0.15) is 0 Å². The van der Waals surface area contributed by atoms with Gasteiger partial charge >= 0.3 is 5.97 Å². The van der Waals surface area contributed by atoms with E-state index in [9.17, 15) is 4.79 Å². The first kappa shape index (κ1) is 14.2. The molecule has 1 aromatic carbocycles. The molecule has 2 aromatic rings. The summed E-state index contributed by atoms with van der Waals surface area (Å²) in [4.78, 5) is 13.6. The Morgan fingerprint density at radius 2 is 2.11 bits per heavy atom. The number of halogens is 1. The predicted molar refractivity (Wildman–Crippen MR) is 82.0 cm³/mol. The molecule has 0 unspecified atom stereocenters. The smallest absolute Gasteiger partial charge is 0.328 e. The summed E-state index contributed by atoms with van der Waals surface area (Å²) in [5, 5.41) is 9.32. The van der Waals surface area contributed by atoms with E-state index in [1.54, 1.807) is 29.2 Å². The van der Waals surface area contributed by atoms with Gasteiger partial charge in [-0.25, -0.2) is 4.79 Å². The van der Waals surface area contributed by atoms with Crippen LogP contribution in [0.15, 0.2) is 47.4 Å². The van der Waals surface area contributed by atoms with Crippen molar-refractivity contribution in [2.24, 2.45) is 0 Å². The van der Waals surface area contributed by atoms with Crippen LogP contribution in [0.2, 0.25) is 5.02 Å². The molecule has 5 heteroatoms. The third-order valence-corrected chi connectivity index (χ3v) is 5.08. The summed E-state index contributed by atoms with van der Waals surface area (Å²) in [5.74, 6) is -0.102. The Hall–Kier alpha value is -1.23. The van der Waals surface area contributed by atoms with Crippen LogP contribution in [0, 0.1) is 0 Å². The molecule has 0 spiro atoms. The van der Waals surface area contributed by atoms with Crippen LogP contribution in [0.5, 0.6) is 0 Å². The second kappa shape index (κ2) is 6.80. The normalized spacial score (nSPS) is 11.0. The molecule has 0 aliphatic carbocycles.